The van der Waals surface area contributed by atoms with E-state index in [1.807, 2.05) is 20.8 Å². The Kier molecular flexibility index (Phi) is 9.44. The molecule has 0 saturated heterocycles. The second kappa shape index (κ2) is 9.61. The van der Waals surface area contributed by atoms with Gasteiger partial charge in [-0.25, -0.2) is 0 Å². The monoisotopic (exact) mass is 298 g/mol. The number of quaternary nitrogens is 1. The molecule has 0 heterocycles. The van der Waals surface area contributed by atoms with Gasteiger partial charge in [-0.3, -0.25) is 4.79 Å². The smallest absolute Gasteiger partial charge is 0.195 e. The molecule has 0 rings (SSSR count). The highest BCUT2D eigenvalue weighted by molar-refractivity contribution is 5.87. The molecule has 0 aromatic carbocycles. The van der Waals surface area contributed by atoms with Crippen LogP contribution in [-0.4, -0.2) is 37.5 Å². The van der Waals surface area contributed by atoms with Gasteiger partial charge in [0, 0.05) is 11.8 Å². The Morgan fingerprint density at radius 1 is 0.857 bits per heavy atom. The van der Waals surface area contributed by atoms with E-state index in [0.29, 0.717) is 5.78 Å². The lowest BCUT2D eigenvalue weighted by molar-refractivity contribution is -0.887. The maximum absolute atomic E-state index is 12.6. The summed E-state index contributed by atoms with van der Waals surface area (Å²) in [4.78, 5) is 12.6. The van der Waals surface area contributed by atoms with Crippen molar-refractivity contribution in [3.8, 4) is 0 Å². The van der Waals surface area contributed by atoms with Gasteiger partial charge in [0.05, 0.1) is 21.1 Å². The molecule has 1 atom stereocenters. The minimum atomic E-state index is -0.226. The average Bonchev–Trinajstić information content (AvgIpc) is 2.33. The molecule has 2 nitrogen and oxygen atoms in total. The van der Waals surface area contributed by atoms with E-state index < -0.39 is 0 Å². The quantitative estimate of drug-likeness (QED) is 0.378. The predicted octanol–water partition coefficient (Wildman–Crippen LogP) is 5.21. The first-order chi connectivity index (χ1) is 9.60. The molecule has 21 heavy (non-hydrogen) atoms. The van der Waals surface area contributed by atoms with Crippen molar-refractivity contribution in [3.05, 3.63) is 0 Å². The number of carbonyl (C=O) groups is 1. The zero-order valence-electron chi connectivity index (χ0n) is 15.8. The number of carbonyl (C=O) groups excluding carboxylic acids is 1. The van der Waals surface area contributed by atoms with Crippen LogP contribution in [0.25, 0.3) is 0 Å². The van der Waals surface area contributed by atoms with Crippen LogP contribution in [0, 0.1) is 5.41 Å². The molecule has 0 bridgehead atoms. The van der Waals surface area contributed by atoms with Gasteiger partial charge >= 0.3 is 0 Å². The van der Waals surface area contributed by atoms with Gasteiger partial charge in [0.1, 0.15) is 6.04 Å². The van der Waals surface area contributed by atoms with E-state index in [9.17, 15) is 4.79 Å². The van der Waals surface area contributed by atoms with Gasteiger partial charge in [-0.05, 0) is 6.42 Å². The Hall–Kier alpha value is -0.370. The summed E-state index contributed by atoms with van der Waals surface area (Å²) < 4.78 is 0.757. The zero-order valence-corrected chi connectivity index (χ0v) is 15.8. The summed E-state index contributed by atoms with van der Waals surface area (Å²) in [7, 11) is 6.46. The van der Waals surface area contributed by atoms with Gasteiger partial charge in [-0.2, -0.15) is 0 Å². The first-order valence-electron chi connectivity index (χ1n) is 8.96. The molecule has 0 aliphatic heterocycles. The maximum atomic E-state index is 12.6. The van der Waals surface area contributed by atoms with Crippen molar-refractivity contribution in [1.82, 2.24) is 0 Å². The SMILES string of the molecule is CCCCCCCCCCC(C(=O)C(C)(C)C)[N+](C)(C)C. The summed E-state index contributed by atoms with van der Waals surface area (Å²) in [5.74, 6) is 0.415. The predicted molar refractivity (Wildman–Crippen MR) is 93.5 cm³/mol. The summed E-state index contributed by atoms with van der Waals surface area (Å²) in [5.41, 5.74) is -0.226. The van der Waals surface area contributed by atoms with Gasteiger partial charge in [0.15, 0.2) is 5.78 Å². The van der Waals surface area contributed by atoms with Crippen molar-refractivity contribution < 1.29 is 9.28 Å². The van der Waals surface area contributed by atoms with Crippen molar-refractivity contribution in [2.75, 3.05) is 21.1 Å². The molecule has 0 radical (unpaired) electrons. The van der Waals surface area contributed by atoms with Crippen LogP contribution in [0.4, 0.5) is 0 Å². The van der Waals surface area contributed by atoms with Crippen LogP contribution in [0.1, 0.15) is 85.5 Å². The third-order valence-corrected chi connectivity index (χ3v) is 4.31. The third kappa shape index (κ3) is 9.29. The van der Waals surface area contributed by atoms with Crippen molar-refractivity contribution in [1.29, 1.82) is 0 Å². The van der Waals surface area contributed by atoms with E-state index in [2.05, 4.69) is 28.1 Å². The lowest BCUT2D eigenvalue weighted by Crippen LogP contribution is -2.53. The van der Waals surface area contributed by atoms with E-state index in [-0.39, 0.29) is 11.5 Å². The van der Waals surface area contributed by atoms with Crippen molar-refractivity contribution >= 4 is 5.78 Å². The minimum absolute atomic E-state index is 0.144. The lowest BCUT2D eigenvalue weighted by atomic mass is 9.83. The summed E-state index contributed by atoms with van der Waals surface area (Å²) >= 11 is 0. The number of nitrogens with zero attached hydrogens (tertiary/aromatic N) is 1. The highest BCUT2D eigenvalue weighted by Gasteiger charge is 2.37. The second-order valence-corrected chi connectivity index (χ2v) is 8.51. The van der Waals surface area contributed by atoms with Crippen LogP contribution < -0.4 is 0 Å². The van der Waals surface area contributed by atoms with Crippen LogP contribution in [0.5, 0.6) is 0 Å². The van der Waals surface area contributed by atoms with Gasteiger partial charge in [0.2, 0.25) is 0 Å². The van der Waals surface area contributed by atoms with Crippen LogP contribution in [0.15, 0.2) is 0 Å². The first kappa shape index (κ1) is 20.6. The van der Waals surface area contributed by atoms with Gasteiger partial charge in [0.25, 0.3) is 0 Å². The topological polar surface area (TPSA) is 17.1 Å². The first-order valence-corrected chi connectivity index (χ1v) is 8.96. The zero-order chi connectivity index (χ0) is 16.5. The van der Waals surface area contributed by atoms with Crippen LogP contribution in [-0.2, 0) is 4.79 Å². The number of Topliss-reactive ketones (excluding diaryl/α,β-unsaturated/α-hetero) is 1. The Bertz CT molecular complexity index is 283. The molecule has 0 aliphatic rings. The second-order valence-electron chi connectivity index (χ2n) is 8.51. The van der Waals surface area contributed by atoms with Crippen LogP contribution in [0.2, 0.25) is 0 Å². The molecule has 0 saturated carbocycles. The Balaban J connectivity index is 4.08. The Labute approximate surface area is 133 Å². The summed E-state index contributed by atoms with van der Waals surface area (Å²) in [6, 6.07) is 0.144. The molecule has 0 N–H and O–H groups in total. The molecule has 0 spiro atoms. The molecule has 1 unspecified atom stereocenters. The van der Waals surface area contributed by atoms with Crippen molar-refractivity contribution in [2.45, 2.75) is 91.5 Å². The summed E-state index contributed by atoms with van der Waals surface area (Å²) in [6.45, 7) is 8.40. The fourth-order valence-corrected chi connectivity index (χ4v) is 2.84. The molecule has 0 aromatic rings. The normalized spacial score (nSPS) is 14.2. The van der Waals surface area contributed by atoms with Crippen LogP contribution in [0.3, 0.4) is 0 Å². The number of rotatable bonds is 11. The summed E-state index contributed by atoms with van der Waals surface area (Å²) in [5, 5.41) is 0. The molecule has 0 aliphatic carbocycles. The fourth-order valence-electron chi connectivity index (χ4n) is 2.84. The fraction of sp³-hybridized carbons (Fsp3) is 0.947. The van der Waals surface area contributed by atoms with E-state index in [1.165, 1.54) is 51.4 Å². The van der Waals surface area contributed by atoms with E-state index in [4.69, 9.17) is 0 Å². The number of ketones is 1. The number of hydrogen-bond acceptors (Lipinski definition) is 1. The number of unbranched alkanes of at least 4 members (excludes halogenated alkanes) is 7. The highest BCUT2D eigenvalue weighted by atomic mass is 16.1. The van der Waals surface area contributed by atoms with Gasteiger partial charge < -0.3 is 4.48 Å². The molecule has 126 valence electrons. The minimum Gasteiger partial charge on any atom is -0.322 e. The molecule has 0 amide bonds. The van der Waals surface area contributed by atoms with Crippen molar-refractivity contribution in [2.24, 2.45) is 5.41 Å². The lowest BCUT2D eigenvalue weighted by Gasteiger charge is -2.36. The average molecular weight is 299 g/mol. The number of hydrogen-bond donors (Lipinski definition) is 0. The molecular formula is C19H40NO+. The molecule has 2 heteroatoms. The molecule has 0 fully saturated rings. The summed E-state index contributed by atoms with van der Waals surface area (Å²) in [6.07, 6.45) is 11.7. The van der Waals surface area contributed by atoms with Gasteiger partial charge in [-0.15, -0.1) is 0 Å². The Morgan fingerprint density at radius 2 is 1.29 bits per heavy atom. The van der Waals surface area contributed by atoms with Crippen molar-refractivity contribution in [3.63, 3.8) is 0 Å². The van der Waals surface area contributed by atoms with Crippen LogP contribution >= 0.6 is 0 Å². The number of likely N-dealkylation sites (N-methyl/N-ethyl adjacent to an activating group) is 1. The standard InChI is InChI=1S/C19H40NO/c1-8-9-10-11-12-13-14-15-16-17(20(5,6)7)18(21)19(2,3)4/h17H,8-16H2,1-7H3/q+1. The van der Waals surface area contributed by atoms with Gasteiger partial charge in [-0.1, -0.05) is 72.6 Å². The highest BCUT2D eigenvalue weighted by Crippen LogP contribution is 2.24. The van der Waals surface area contributed by atoms with E-state index >= 15 is 0 Å². The maximum Gasteiger partial charge on any atom is 0.195 e. The van der Waals surface area contributed by atoms with E-state index in [0.717, 1.165) is 10.9 Å². The molecular weight excluding hydrogens is 258 g/mol. The van der Waals surface area contributed by atoms with E-state index in [1.54, 1.807) is 0 Å². The Morgan fingerprint density at radius 3 is 1.67 bits per heavy atom. The largest absolute Gasteiger partial charge is 0.322 e. The molecule has 0 aromatic heterocycles. The third-order valence-electron chi connectivity index (χ3n) is 4.31.